The van der Waals surface area contributed by atoms with Crippen LogP contribution >= 0.6 is 30.0 Å². The lowest BCUT2D eigenvalue weighted by atomic mass is 10.0. The van der Waals surface area contributed by atoms with Crippen LogP contribution in [0.1, 0.15) is 28.8 Å². The number of unbranched alkanes of at least 4 members (excludes halogenated alkanes) is 1. The van der Waals surface area contributed by atoms with Gasteiger partial charge in [0, 0.05) is 32.0 Å². The van der Waals surface area contributed by atoms with E-state index in [0.717, 1.165) is 11.8 Å². The van der Waals surface area contributed by atoms with E-state index < -0.39 is 17.4 Å². The first-order valence-corrected chi connectivity index (χ1v) is 15.7. The maximum Gasteiger partial charge on any atom is 0.255 e. The number of aromatic nitrogens is 1. The van der Waals surface area contributed by atoms with Gasteiger partial charge in [0.05, 0.1) is 20.8 Å². The smallest absolute Gasteiger partial charge is 0.255 e. The van der Waals surface area contributed by atoms with E-state index in [2.05, 4.69) is 10.3 Å². The van der Waals surface area contributed by atoms with Gasteiger partial charge < -0.3 is 14.6 Å². The third kappa shape index (κ3) is 6.18. The molecule has 0 bridgehead atoms. The number of sulfonamides is 1. The predicted molar refractivity (Wildman–Crippen MR) is 142 cm³/mol. The molecule has 1 atom stereocenters. The van der Waals surface area contributed by atoms with E-state index in [1.54, 1.807) is 6.07 Å². The summed E-state index contributed by atoms with van der Waals surface area (Å²) in [5, 5.41) is 3.11. The fourth-order valence-corrected chi connectivity index (χ4v) is 6.12. The van der Waals surface area contributed by atoms with Crippen LogP contribution in [0.25, 0.3) is 22.4 Å². The zero-order valence-corrected chi connectivity index (χ0v) is 23.2. The molecule has 9 nitrogen and oxygen atoms in total. The first-order chi connectivity index (χ1) is 15.8. The average molecular weight is 619 g/mol. The Morgan fingerprint density at radius 1 is 1.26 bits per heavy atom. The van der Waals surface area contributed by atoms with Crippen molar-refractivity contribution in [3.8, 4) is 11.3 Å². The van der Waals surface area contributed by atoms with E-state index >= 15 is 0 Å². The third-order valence-electron chi connectivity index (χ3n) is 5.21. The fraction of sp³-hybridized carbons (Fsp3) is 0.364. The third-order valence-corrected chi connectivity index (χ3v) is 8.30. The van der Waals surface area contributed by atoms with Crippen LogP contribution in [0.3, 0.4) is 0 Å². The number of nitrogens with zero attached hydrogens (tertiary/aromatic N) is 2. The second kappa shape index (κ2) is 10.3. The van der Waals surface area contributed by atoms with Crippen molar-refractivity contribution in [2.24, 2.45) is 0 Å². The molecule has 2 N–H and O–H groups in total. The van der Waals surface area contributed by atoms with E-state index in [1.165, 1.54) is 18.0 Å². The van der Waals surface area contributed by atoms with Gasteiger partial charge in [-0.3, -0.25) is 13.7 Å². The SMILES string of the molecule is CNC(=O)c1c(-c2ccc(C)cc2)oc2nc(N(CCCCP(C)(=O)O)S(C)(=O)=O)c(I)cc12. The monoisotopic (exact) mass is 619 g/mol. The van der Waals surface area contributed by atoms with Crippen molar-refractivity contribution in [1.29, 1.82) is 0 Å². The standard InChI is InChI=1S/C22H27IN3O6PS/c1-14-7-9-15(10-8-14)19-18(21(27)24-2)16-13-17(23)20(25-22(16)32-19)26(34(4,30)31)11-5-6-12-33(3,28)29/h7-10,13H,5-6,11-12H2,1-4H3,(H,24,27)(H,28,29). The molecule has 0 radical (unpaired) electrons. The minimum Gasteiger partial charge on any atom is -0.437 e. The molecule has 1 aromatic carbocycles. The highest BCUT2D eigenvalue weighted by molar-refractivity contribution is 14.1. The van der Waals surface area contributed by atoms with Gasteiger partial charge >= 0.3 is 0 Å². The Morgan fingerprint density at radius 3 is 2.47 bits per heavy atom. The van der Waals surface area contributed by atoms with Crippen molar-refractivity contribution in [3.63, 3.8) is 0 Å². The van der Waals surface area contributed by atoms with Crippen molar-refractivity contribution < 1.29 is 27.1 Å². The van der Waals surface area contributed by atoms with Crippen LogP contribution in [-0.2, 0) is 14.6 Å². The summed E-state index contributed by atoms with van der Waals surface area (Å²) in [7, 11) is -5.33. The van der Waals surface area contributed by atoms with Crippen LogP contribution in [-0.4, -0.2) is 56.9 Å². The number of halogens is 1. The highest BCUT2D eigenvalue weighted by Gasteiger charge is 2.27. The number of benzene rings is 1. The number of fused-ring (bicyclic) bond motifs is 1. The number of carbonyl (C=O) groups is 1. The lowest BCUT2D eigenvalue weighted by molar-refractivity contribution is 0.0964. The lowest BCUT2D eigenvalue weighted by Crippen LogP contribution is -2.32. The van der Waals surface area contributed by atoms with Crippen molar-refractivity contribution >= 4 is 62.8 Å². The molecule has 1 unspecified atom stereocenters. The largest absolute Gasteiger partial charge is 0.437 e. The molecule has 184 valence electrons. The number of aryl methyl sites for hydroxylation is 1. The topological polar surface area (TPSA) is 130 Å². The van der Waals surface area contributed by atoms with Crippen molar-refractivity contribution in [2.45, 2.75) is 19.8 Å². The lowest BCUT2D eigenvalue weighted by Gasteiger charge is -2.22. The van der Waals surface area contributed by atoms with Crippen LogP contribution in [0.5, 0.6) is 0 Å². The molecule has 3 rings (SSSR count). The van der Waals surface area contributed by atoms with E-state index in [4.69, 9.17) is 4.42 Å². The van der Waals surface area contributed by atoms with Crippen LogP contribution in [0.2, 0.25) is 0 Å². The Bertz CT molecular complexity index is 1370. The van der Waals surface area contributed by atoms with E-state index in [-0.39, 0.29) is 30.1 Å². The van der Waals surface area contributed by atoms with Gasteiger partial charge in [0.1, 0.15) is 5.76 Å². The molecule has 2 aromatic heterocycles. The summed E-state index contributed by atoms with van der Waals surface area (Å²) in [5.74, 6) is 0.196. The van der Waals surface area contributed by atoms with Gasteiger partial charge in [-0.2, -0.15) is 4.98 Å². The summed E-state index contributed by atoms with van der Waals surface area (Å²) in [6.45, 7) is 3.34. The second-order valence-corrected chi connectivity index (χ2v) is 13.8. The van der Waals surface area contributed by atoms with Crippen molar-refractivity contribution in [3.05, 3.63) is 45.0 Å². The molecule has 0 saturated heterocycles. The molecule has 2 heterocycles. The number of nitrogens with one attached hydrogen (secondary N) is 1. The normalized spacial score (nSPS) is 13.6. The molecule has 3 aromatic rings. The minimum absolute atomic E-state index is 0.0984. The molecule has 0 aliphatic heterocycles. The maximum atomic E-state index is 12.7. The van der Waals surface area contributed by atoms with Crippen molar-refractivity contribution in [1.82, 2.24) is 10.3 Å². The number of amides is 1. The molecular weight excluding hydrogens is 592 g/mol. The maximum absolute atomic E-state index is 12.7. The first kappa shape index (κ1) is 26.7. The molecule has 34 heavy (non-hydrogen) atoms. The minimum atomic E-state index is -3.69. The Balaban J connectivity index is 2.10. The van der Waals surface area contributed by atoms with Gasteiger partial charge in [0.25, 0.3) is 5.91 Å². The Hall–Kier alpha value is -1.95. The molecule has 0 spiro atoms. The van der Waals surface area contributed by atoms with Crippen molar-refractivity contribution in [2.75, 3.05) is 37.0 Å². The molecule has 0 aliphatic carbocycles. The average Bonchev–Trinajstić information content (AvgIpc) is 3.10. The van der Waals surface area contributed by atoms with Gasteiger partial charge in [-0.05, 0) is 48.4 Å². The highest BCUT2D eigenvalue weighted by Crippen LogP contribution is 2.38. The molecule has 0 fully saturated rings. The summed E-state index contributed by atoms with van der Waals surface area (Å²) < 4.78 is 44.4. The van der Waals surface area contributed by atoms with Gasteiger partial charge in [-0.15, -0.1) is 0 Å². The number of hydrogen-bond donors (Lipinski definition) is 2. The number of carbonyl (C=O) groups excluding carboxylic acids is 1. The van der Waals surface area contributed by atoms with Gasteiger partial charge in [-0.1, -0.05) is 29.8 Å². The highest BCUT2D eigenvalue weighted by atomic mass is 127. The van der Waals surface area contributed by atoms with Gasteiger partial charge in [0.2, 0.25) is 15.7 Å². The Labute approximate surface area is 212 Å². The quantitative estimate of drug-likeness (QED) is 0.209. The van der Waals surface area contributed by atoms with Crippen LogP contribution in [0.4, 0.5) is 5.82 Å². The number of anilines is 1. The number of rotatable bonds is 9. The molecule has 12 heteroatoms. The number of furan rings is 1. The summed E-state index contributed by atoms with van der Waals surface area (Å²) in [4.78, 5) is 26.7. The molecular formula is C22H27IN3O6PS. The molecule has 1 amide bonds. The second-order valence-electron chi connectivity index (χ2n) is 8.21. The first-order valence-electron chi connectivity index (χ1n) is 10.5. The van der Waals surface area contributed by atoms with Gasteiger partial charge in [-0.25, -0.2) is 8.42 Å². The Morgan fingerprint density at radius 2 is 1.91 bits per heavy atom. The van der Waals surface area contributed by atoms with Crippen LogP contribution < -0.4 is 9.62 Å². The predicted octanol–water partition coefficient (Wildman–Crippen LogP) is 4.21. The molecule has 0 saturated carbocycles. The van der Waals surface area contributed by atoms with E-state index in [1.807, 2.05) is 53.8 Å². The Kier molecular flexibility index (Phi) is 8.11. The van der Waals surface area contributed by atoms with Gasteiger partial charge in [0.15, 0.2) is 13.2 Å². The number of pyridine rings is 1. The number of hydrogen-bond acceptors (Lipinski definition) is 6. The molecule has 0 aliphatic rings. The summed E-state index contributed by atoms with van der Waals surface area (Å²) in [6.07, 6.45) is 1.98. The van der Waals surface area contributed by atoms with Crippen LogP contribution in [0, 0.1) is 10.5 Å². The fourth-order valence-electron chi connectivity index (χ4n) is 3.51. The summed E-state index contributed by atoms with van der Waals surface area (Å²) in [6, 6.07) is 9.21. The summed E-state index contributed by atoms with van der Waals surface area (Å²) >= 11 is 1.99. The van der Waals surface area contributed by atoms with E-state index in [9.17, 15) is 22.7 Å². The van der Waals surface area contributed by atoms with E-state index in [0.29, 0.717) is 38.7 Å². The van der Waals surface area contributed by atoms with Crippen LogP contribution in [0.15, 0.2) is 34.7 Å². The zero-order chi connectivity index (χ0) is 25.3. The summed E-state index contributed by atoms with van der Waals surface area (Å²) in [5.41, 5.74) is 2.23. The zero-order valence-electron chi connectivity index (χ0n) is 19.3.